The molecule has 35 heavy (non-hydrogen) atoms. The summed E-state index contributed by atoms with van der Waals surface area (Å²) in [6, 6.07) is 11.6. The van der Waals surface area contributed by atoms with Gasteiger partial charge in [0.05, 0.1) is 24.7 Å². The van der Waals surface area contributed by atoms with Crippen LogP contribution in [0.5, 0.6) is 11.5 Å². The lowest BCUT2D eigenvalue weighted by Crippen LogP contribution is -2.46. The van der Waals surface area contributed by atoms with E-state index in [0.717, 1.165) is 9.87 Å². The van der Waals surface area contributed by atoms with Crippen molar-refractivity contribution in [3.8, 4) is 11.5 Å². The van der Waals surface area contributed by atoms with Crippen molar-refractivity contribution in [3.63, 3.8) is 0 Å². The molecule has 2 amide bonds. The highest BCUT2D eigenvalue weighted by molar-refractivity contribution is 7.89. The van der Waals surface area contributed by atoms with E-state index in [1.54, 1.807) is 36.4 Å². The SMILES string of the molecule is CCOc1cc(C=CC(=O)NNC(=O)CN(C)S(=O)(=O)c2ccc(C)cc2)ccc1OCC(C)C. The fourth-order valence-corrected chi connectivity index (χ4v) is 3.96. The zero-order valence-electron chi connectivity index (χ0n) is 20.7. The third kappa shape index (κ3) is 8.73. The molecule has 190 valence electrons. The number of amides is 2. The van der Waals surface area contributed by atoms with E-state index < -0.39 is 28.4 Å². The minimum atomic E-state index is -3.83. The van der Waals surface area contributed by atoms with E-state index in [1.807, 2.05) is 13.8 Å². The summed E-state index contributed by atoms with van der Waals surface area (Å²) in [5.74, 6) is 0.294. The molecule has 2 aromatic carbocycles. The lowest BCUT2D eigenvalue weighted by Gasteiger charge is -2.17. The van der Waals surface area contributed by atoms with Gasteiger partial charge in [0.2, 0.25) is 10.0 Å². The molecule has 0 radical (unpaired) electrons. The second kappa shape index (κ2) is 12.9. The quantitative estimate of drug-likeness (QED) is 0.360. The first kappa shape index (κ1) is 27.9. The number of nitrogens with zero attached hydrogens (tertiary/aromatic N) is 1. The number of nitrogens with one attached hydrogen (secondary N) is 2. The van der Waals surface area contributed by atoms with Crippen molar-refractivity contribution in [1.82, 2.24) is 15.2 Å². The van der Waals surface area contributed by atoms with Gasteiger partial charge in [0, 0.05) is 13.1 Å². The van der Waals surface area contributed by atoms with Crippen LogP contribution >= 0.6 is 0 Å². The first-order chi connectivity index (χ1) is 16.5. The molecule has 0 aliphatic carbocycles. The van der Waals surface area contributed by atoms with Crippen LogP contribution in [0.3, 0.4) is 0 Å². The van der Waals surface area contributed by atoms with Crippen molar-refractivity contribution in [2.24, 2.45) is 5.92 Å². The molecular formula is C25H33N3O6S. The maximum Gasteiger partial charge on any atom is 0.262 e. The highest BCUT2D eigenvalue weighted by Gasteiger charge is 2.22. The molecule has 0 fully saturated rings. The Hall–Kier alpha value is -3.37. The Morgan fingerprint density at radius 1 is 1.03 bits per heavy atom. The average Bonchev–Trinajstić information content (AvgIpc) is 2.81. The summed E-state index contributed by atoms with van der Waals surface area (Å²) in [6.45, 7) is 8.38. The number of aryl methyl sites for hydroxylation is 1. The first-order valence-electron chi connectivity index (χ1n) is 11.2. The molecule has 2 aromatic rings. The third-order valence-corrected chi connectivity index (χ3v) is 6.51. The highest BCUT2D eigenvalue weighted by atomic mass is 32.2. The zero-order valence-corrected chi connectivity index (χ0v) is 21.5. The number of likely N-dealkylation sites (N-methyl/N-ethyl adjacent to an activating group) is 1. The van der Waals surface area contributed by atoms with E-state index in [-0.39, 0.29) is 4.90 Å². The number of hydrogen-bond acceptors (Lipinski definition) is 6. The van der Waals surface area contributed by atoms with E-state index >= 15 is 0 Å². The highest BCUT2D eigenvalue weighted by Crippen LogP contribution is 2.29. The summed E-state index contributed by atoms with van der Waals surface area (Å²) in [5.41, 5.74) is 6.07. The Morgan fingerprint density at radius 2 is 1.71 bits per heavy atom. The molecule has 0 saturated heterocycles. The smallest absolute Gasteiger partial charge is 0.262 e. The van der Waals surface area contributed by atoms with Gasteiger partial charge in [-0.25, -0.2) is 8.42 Å². The van der Waals surface area contributed by atoms with Gasteiger partial charge in [0.15, 0.2) is 11.5 Å². The zero-order chi connectivity index (χ0) is 26.0. The Balaban J connectivity index is 1.91. The van der Waals surface area contributed by atoms with Crippen LogP contribution in [0.15, 0.2) is 53.4 Å². The summed E-state index contributed by atoms with van der Waals surface area (Å²) in [5, 5.41) is 0. The number of hydrogen-bond donors (Lipinski definition) is 2. The van der Waals surface area contributed by atoms with Crippen LogP contribution in [0, 0.1) is 12.8 Å². The molecule has 2 N–H and O–H groups in total. The third-order valence-electron chi connectivity index (χ3n) is 4.69. The van der Waals surface area contributed by atoms with Crippen LogP contribution < -0.4 is 20.3 Å². The van der Waals surface area contributed by atoms with Crippen LogP contribution in [-0.2, 0) is 19.6 Å². The van der Waals surface area contributed by atoms with Crippen LogP contribution in [0.25, 0.3) is 6.08 Å². The van der Waals surface area contributed by atoms with Gasteiger partial charge in [-0.2, -0.15) is 4.31 Å². The van der Waals surface area contributed by atoms with Crippen molar-refractivity contribution in [3.05, 3.63) is 59.7 Å². The fourth-order valence-electron chi connectivity index (χ4n) is 2.83. The molecule has 0 aromatic heterocycles. The summed E-state index contributed by atoms with van der Waals surface area (Å²) in [7, 11) is -2.54. The van der Waals surface area contributed by atoms with Crippen LogP contribution in [0.4, 0.5) is 0 Å². The van der Waals surface area contributed by atoms with E-state index in [4.69, 9.17) is 9.47 Å². The minimum absolute atomic E-state index is 0.0809. The van der Waals surface area contributed by atoms with Crippen molar-refractivity contribution >= 4 is 27.9 Å². The van der Waals surface area contributed by atoms with Gasteiger partial charge < -0.3 is 9.47 Å². The number of benzene rings is 2. The predicted octanol–water partition coefficient (Wildman–Crippen LogP) is 2.91. The molecule has 9 nitrogen and oxygen atoms in total. The Morgan fingerprint density at radius 3 is 2.34 bits per heavy atom. The van der Waals surface area contributed by atoms with Crippen molar-refractivity contribution in [2.45, 2.75) is 32.6 Å². The summed E-state index contributed by atoms with van der Waals surface area (Å²) in [6.07, 6.45) is 2.80. The second-order valence-electron chi connectivity index (χ2n) is 8.29. The van der Waals surface area contributed by atoms with Crippen molar-refractivity contribution in [1.29, 1.82) is 0 Å². The summed E-state index contributed by atoms with van der Waals surface area (Å²) in [4.78, 5) is 24.3. The first-order valence-corrected chi connectivity index (χ1v) is 12.7. The number of hydrazine groups is 1. The largest absolute Gasteiger partial charge is 0.490 e. The van der Waals surface area contributed by atoms with E-state index in [2.05, 4.69) is 24.7 Å². The van der Waals surface area contributed by atoms with Crippen molar-refractivity contribution in [2.75, 3.05) is 26.8 Å². The normalized spacial score (nSPS) is 11.6. The van der Waals surface area contributed by atoms with Gasteiger partial charge in [-0.3, -0.25) is 20.4 Å². The van der Waals surface area contributed by atoms with E-state index in [9.17, 15) is 18.0 Å². The summed E-state index contributed by atoms with van der Waals surface area (Å²) < 4.78 is 37.5. The molecule has 0 unspecified atom stereocenters. The summed E-state index contributed by atoms with van der Waals surface area (Å²) >= 11 is 0. The number of rotatable bonds is 11. The molecule has 2 rings (SSSR count). The number of ether oxygens (including phenoxy) is 2. The molecule has 0 saturated carbocycles. The van der Waals surface area contributed by atoms with Gasteiger partial charge in [0.25, 0.3) is 11.8 Å². The van der Waals surface area contributed by atoms with E-state index in [0.29, 0.717) is 36.2 Å². The number of sulfonamides is 1. The van der Waals surface area contributed by atoms with Crippen molar-refractivity contribution < 1.29 is 27.5 Å². The average molecular weight is 504 g/mol. The molecule has 0 spiro atoms. The van der Waals surface area contributed by atoms with Crippen LogP contribution in [-0.4, -0.2) is 51.3 Å². The molecular weight excluding hydrogens is 470 g/mol. The minimum Gasteiger partial charge on any atom is -0.490 e. The fraction of sp³-hybridized carbons (Fsp3) is 0.360. The number of carbonyl (C=O) groups excluding carboxylic acids is 2. The molecule has 0 bridgehead atoms. The monoisotopic (exact) mass is 503 g/mol. The van der Waals surface area contributed by atoms with Gasteiger partial charge in [-0.15, -0.1) is 0 Å². The lowest BCUT2D eigenvalue weighted by molar-refractivity contribution is -0.126. The van der Waals surface area contributed by atoms with Crippen LogP contribution in [0.1, 0.15) is 31.9 Å². The standard InChI is InChI=1S/C25H33N3O6S/c1-6-33-23-15-20(9-13-22(23)34-17-18(2)3)10-14-24(29)26-27-25(30)16-28(5)35(31,32)21-11-7-19(4)8-12-21/h7-15,18H,6,16-17H2,1-5H3,(H,26,29)(H,27,30). The molecule has 0 atom stereocenters. The number of carbonyl (C=O) groups is 2. The Kier molecular flexibility index (Phi) is 10.3. The maximum absolute atomic E-state index is 12.6. The van der Waals surface area contributed by atoms with Gasteiger partial charge in [-0.05, 0) is 55.7 Å². The van der Waals surface area contributed by atoms with Gasteiger partial charge >= 0.3 is 0 Å². The van der Waals surface area contributed by atoms with Crippen LogP contribution in [0.2, 0.25) is 0 Å². The van der Waals surface area contributed by atoms with Gasteiger partial charge in [0.1, 0.15) is 0 Å². The second-order valence-corrected chi connectivity index (χ2v) is 10.3. The molecule has 10 heteroatoms. The molecule has 0 aliphatic heterocycles. The molecule has 0 heterocycles. The van der Waals surface area contributed by atoms with E-state index in [1.165, 1.54) is 25.3 Å². The van der Waals surface area contributed by atoms with Gasteiger partial charge in [-0.1, -0.05) is 37.6 Å². The maximum atomic E-state index is 12.6. The Labute approximate surface area is 207 Å². The Bertz CT molecular complexity index is 1140. The molecule has 0 aliphatic rings. The predicted molar refractivity (Wildman–Crippen MR) is 134 cm³/mol. The topological polar surface area (TPSA) is 114 Å². The lowest BCUT2D eigenvalue weighted by atomic mass is 10.2.